The Hall–Kier alpha value is -3.33. The summed E-state index contributed by atoms with van der Waals surface area (Å²) in [5.41, 5.74) is 1.76. The Morgan fingerprint density at radius 2 is 1.92 bits per heavy atom. The van der Waals surface area contributed by atoms with Crippen LogP contribution in [0.4, 0.5) is 5.69 Å². The second-order valence-corrected chi connectivity index (χ2v) is 5.34. The Balaban J connectivity index is 1.88. The van der Waals surface area contributed by atoms with Crippen LogP contribution in [0.5, 0.6) is 5.75 Å². The lowest BCUT2D eigenvalue weighted by molar-refractivity contribution is -0.152. The fourth-order valence-corrected chi connectivity index (χ4v) is 2.11. The van der Waals surface area contributed by atoms with E-state index in [-0.39, 0.29) is 6.42 Å². The molecule has 6 heteroatoms. The van der Waals surface area contributed by atoms with Gasteiger partial charge in [-0.1, -0.05) is 12.1 Å². The van der Waals surface area contributed by atoms with Crippen LogP contribution in [-0.4, -0.2) is 25.1 Å². The van der Waals surface area contributed by atoms with Crippen molar-refractivity contribution in [2.75, 3.05) is 12.4 Å². The molecule has 0 saturated heterocycles. The van der Waals surface area contributed by atoms with Gasteiger partial charge in [-0.05, 0) is 48.9 Å². The van der Waals surface area contributed by atoms with Crippen molar-refractivity contribution >= 4 is 17.6 Å². The minimum Gasteiger partial charge on any atom is -0.497 e. The molecule has 128 valence electrons. The Kier molecular flexibility index (Phi) is 6.13. The van der Waals surface area contributed by atoms with Gasteiger partial charge in [-0.2, -0.15) is 5.26 Å². The second-order valence-electron chi connectivity index (χ2n) is 5.34. The van der Waals surface area contributed by atoms with Crippen LogP contribution in [0.1, 0.15) is 18.1 Å². The van der Waals surface area contributed by atoms with E-state index in [1.54, 1.807) is 55.6 Å². The molecule has 2 rings (SSSR count). The molecule has 0 aliphatic rings. The summed E-state index contributed by atoms with van der Waals surface area (Å²) in [5.74, 6) is -0.295. The smallest absolute Gasteiger partial charge is 0.311 e. The van der Waals surface area contributed by atoms with E-state index in [1.807, 2.05) is 6.07 Å². The van der Waals surface area contributed by atoms with Crippen LogP contribution in [0, 0.1) is 11.3 Å². The molecule has 0 saturated carbocycles. The van der Waals surface area contributed by atoms with Crippen LogP contribution in [0.25, 0.3) is 0 Å². The van der Waals surface area contributed by atoms with Gasteiger partial charge in [0.25, 0.3) is 5.91 Å². The lowest BCUT2D eigenvalue weighted by Crippen LogP contribution is -2.30. The molecule has 0 radical (unpaired) electrons. The SMILES string of the molecule is COc1cccc(CC(=O)O[C@H](C)C(=O)Nc2ccc(C#N)cc2)c1. The summed E-state index contributed by atoms with van der Waals surface area (Å²) >= 11 is 0. The average Bonchev–Trinajstić information content (AvgIpc) is 2.62. The fraction of sp³-hybridized carbons (Fsp3) is 0.211. The predicted molar refractivity (Wildman–Crippen MR) is 92.0 cm³/mol. The van der Waals surface area contributed by atoms with Crippen molar-refractivity contribution < 1.29 is 19.1 Å². The maximum atomic E-state index is 12.1. The van der Waals surface area contributed by atoms with Gasteiger partial charge in [0.2, 0.25) is 0 Å². The van der Waals surface area contributed by atoms with Gasteiger partial charge in [-0.3, -0.25) is 9.59 Å². The first kappa shape index (κ1) is 18.0. The highest BCUT2D eigenvalue weighted by Gasteiger charge is 2.18. The topological polar surface area (TPSA) is 88.4 Å². The molecule has 1 N–H and O–H groups in total. The molecule has 0 unspecified atom stereocenters. The zero-order chi connectivity index (χ0) is 18.2. The summed E-state index contributed by atoms with van der Waals surface area (Å²) in [5, 5.41) is 11.4. The van der Waals surface area contributed by atoms with Crippen LogP contribution in [0.3, 0.4) is 0 Å². The van der Waals surface area contributed by atoms with Gasteiger partial charge >= 0.3 is 5.97 Å². The molecule has 0 aliphatic heterocycles. The number of carbonyl (C=O) groups is 2. The summed E-state index contributed by atoms with van der Waals surface area (Å²) < 4.78 is 10.3. The molecule has 2 aromatic rings. The van der Waals surface area contributed by atoms with Crippen molar-refractivity contribution in [3.8, 4) is 11.8 Å². The summed E-state index contributed by atoms with van der Waals surface area (Å²) in [6.07, 6.45) is -0.889. The first-order valence-corrected chi connectivity index (χ1v) is 7.65. The zero-order valence-corrected chi connectivity index (χ0v) is 14.0. The van der Waals surface area contributed by atoms with E-state index in [9.17, 15) is 9.59 Å². The molecule has 2 aromatic carbocycles. The Morgan fingerprint density at radius 3 is 2.56 bits per heavy atom. The van der Waals surface area contributed by atoms with Gasteiger partial charge in [0.1, 0.15) is 5.75 Å². The summed E-state index contributed by atoms with van der Waals surface area (Å²) in [4.78, 5) is 24.1. The second kappa shape index (κ2) is 8.50. The van der Waals surface area contributed by atoms with E-state index in [4.69, 9.17) is 14.7 Å². The molecule has 0 spiro atoms. The molecule has 25 heavy (non-hydrogen) atoms. The molecule has 0 bridgehead atoms. The summed E-state index contributed by atoms with van der Waals surface area (Å²) in [6, 6.07) is 15.5. The van der Waals surface area contributed by atoms with Crippen LogP contribution in [0.15, 0.2) is 48.5 Å². The number of esters is 1. The normalized spacial score (nSPS) is 11.1. The van der Waals surface area contributed by atoms with E-state index >= 15 is 0 Å². The number of rotatable bonds is 6. The third-order valence-corrected chi connectivity index (χ3v) is 3.44. The Bertz CT molecular complexity index is 794. The summed E-state index contributed by atoms with van der Waals surface area (Å²) in [6.45, 7) is 1.50. The molecule has 0 aliphatic carbocycles. The molecule has 1 atom stereocenters. The van der Waals surface area contributed by atoms with Gasteiger partial charge in [0.15, 0.2) is 6.10 Å². The van der Waals surface area contributed by atoms with E-state index in [1.165, 1.54) is 6.92 Å². The van der Waals surface area contributed by atoms with Gasteiger partial charge in [0, 0.05) is 5.69 Å². The van der Waals surface area contributed by atoms with Crippen molar-refractivity contribution in [1.29, 1.82) is 5.26 Å². The molecule has 6 nitrogen and oxygen atoms in total. The van der Waals surface area contributed by atoms with Crippen LogP contribution in [-0.2, 0) is 20.7 Å². The highest BCUT2D eigenvalue weighted by molar-refractivity contribution is 5.95. The fourth-order valence-electron chi connectivity index (χ4n) is 2.11. The minimum absolute atomic E-state index is 0.0473. The van der Waals surface area contributed by atoms with Gasteiger partial charge in [0.05, 0.1) is 25.2 Å². The van der Waals surface area contributed by atoms with Crippen LogP contribution >= 0.6 is 0 Å². The Labute approximate surface area is 146 Å². The molecule has 0 aromatic heterocycles. The van der Waals surface area contributed by atoms with Crippen molar-refractivity contribution in [1.82, 2.24) is 0 Å². The van der Waals surface area contributed by atoms with Crippen molar-refractivity contribution in [2.24, 2.45) is 0 Å². The number of amides is 1. The van der Waals surface area contributed by atoms with Crippen molar-refractivity contribution in [3.05, 3.63) is 59.7 Å². The number of nitrogens with zero attached hydrogens (tertiary/aromatic N) is 1. The first-order chi connectivity index (χ1) is 12.0. The number of hydrogen-bond acceptors (Lipinski definition) is 5. The largest absolute Gasteiger partial charge is 0.497 e. The first-order valence-electron chi connectivity index (χ1n) is 7.65. The number of carbonyl (C=O) groups excluding carboxylic acids is 2. The van der Waals surface area contributed by atoms with E-state index in [0.717, 1.165) is 5.56 Å². The van der Waals surface area contributed by atoms with Crippen molar-refractivity contribution in [2.45, 2.75) is 19.4 Å². The molecule has 1 amide bonds. The number of benzene rings is 2. The lowest BCUT2D eigenvalue weighted by atomic mass is 10.1. The highest BCUT2D eigenvalue weighted by atomic mass is 16.5. The quantitative estimate of drug-likeness (QED) is 0.818. The molecular formula is C19H18N2O4. The maximum absolute atomic E-state index is 12.1. The van der Waals surface area contributed by atoms with Gasteiger partial charge < -0.3 is 14.8 Å². The number of hydrogen-bond donors (Lipinski definition) is 1. The van der Waals surface area contributed by atoms with Gasteiger partial charge in [-0.15, -0.1) is 0 Å². The van der Waals surface area contributed by atoms with Crippen LogP contribution < -0.4 is 10.1 Å². The van der Waals surface area contributed by atoms with Gasteiger partial charge in [-0.25, -0.2) is 0 Å². The number of anilines is 1. The number of nitriles is 1. The molecule has 0 fully saturated rings. The van der Waals surface area contributed by atoms with E-state index in [2.05, 4.69) is 5.32 Å². The van der Waals surface area contributed by atoms with Crippen molar-refractivity contribution in [3.63, 3.8) is 0 Å². The standard InChI is InChI=1S/C19H18N2O4/c1-13(19(23)21-16-8-6-14(12-20)7-9-16)25-18(22)11-15-4-3-5-17(10-15)24-2/h3-10,13H,11H2,1-2H3,(H,21,23)/t13-/m1/s1. The predicted octanol–water partition coefficient (Wildman–Crippen LogP) is 2.68. The third kappa shape index (κ3) is 5.36. The zero-order valence-electron chi connectivity index (χ0n) is 14.0. The highest BCUT2D eigenvalue weighted by Crippen LogP contribution is 2.14. The third-order valence-electron chi connectivity index (χ3n) is 3.44. The monoisotopic (exact) mass is 338 g/mol. The average molecular weight is 338 g/mol. The van der Waals surface area contributed by atoms with Crippen LogP contribution in [0.2, 0.25) is 0 Å². The van der Waals surface area contributed by atoms with E-state index in [0.29, 0.717) is 17.0 Å². The molecular weight excluding hydrogens is 320 g/mol. The molecule has 0 heterocycles. The lowest BCUT2D eigenvalue weighted by Gasteiger charge is -2.14. The Morgan fingerprint density at radius 1 is 1.20 bits per heavy atom. The maximum Gasteiger partial charge on any atom is 0.311 e. The van der Waals surface area contributed by atoms with E-state index < -0.39 is 18.0 Å². The number of methoxy groups -OCH3 is 1. The number of ether oxygens (including phenoxy) is 2. The number of nitrogens with one attached hydrogen (secondary N) is 1. The summed E-state index contributed by atoms with van der Waals surface area (Å²) in [7, 11) is 1.55. The minimum atomic E-state index is -0.936.